The highest BCUT2D eigenvalue weighted by atomic mass is 79.9. The molecule has 5 heteroatoms. The summed E-state index contributed by atoms with van der Waals surface area (Å²) in [6.07, 6.45) is 2.34. The third-order valence-corrected chi connectivity index (χ3v) is 3.96. The van der Waals surface area contributed by atoms with Gasteiger partial charge in [0.15, 0.2) is 5.82 Å². The van der Waals surface area contributed by atoms with Gasteiger partial charge >= 0.3 is 0 Å². The number of anilines is 1. The molecule has 3 nitrogen and oxygen atoms in total. The van der Waals surface area contributed by atoms with Crippen LogP contribution < -0.4 is 5.32 Å². The molecule has 98 valence electrons. The van der Waals surface area contributed by atoms with E-state index >= 15 is 0 Å². The molecule has 1 aromatic heterocycles. The third kappa shape index (κ3) is 2.47. The van der Waals surface area contributed by atoms with Crippen LogP contribution in [0.25, 0.3) is 11.4 Å². The van der Waals surface area contributed by atoms with Crippen LogP contribution in [0.1, 0.15) is 24.5 Å². The predicted octanol–water partition coefficient (Wildman–Crippen LogP) is 3.96. The smallest absolute Gasteiger partial charge is 0.161 e. The number of benzene rings is 1. The Bertz CT molecular complexity index is 609. The van der Waals surface area contributed by atoms with E-state index in [9.17, 15) is 4.39 Å². The van der Waals surface area contributed by atoms with Crippen molar-refractivity contribution in [3.8, 4) is 11.4 Å². The van der Waals surface area contributed by atoms with Crippen molar-refractivity contribution in [2.75, 3.05) is 12.4 Å². The van der Waals surface area contributed by atoms with E-state index in [2.05, 4.69) is 31.2 Å². The number of hydrogen-bond donors (Lipinski definition) is 1. The van der Waals surface area contributed by atoms with E-state index in [0.29, 0.717) is 11.7 Å². The summed E-state index contributed by atoms with van der Waals surface area (Å²) in [5.41, 5.74) is 1.87. The van der Waals surface area contributed by atoms with Crippen molar-refractivity contribution in [3.05, 3.63) is 40.2 Å². The Balaban J connectivity index is 2.10. The second kappa shape index (κ2) is 4.89. The lowest BCUT2D eigenvalue weighted by molar-refractivity contribution is 0.628. The van der Waals surface area contributed by atoms with E-state index < -0.39 is 0 Å². The van der Waals surface area contributed by atoms with Gasteiger partial charge in [0.05, 0.1) is 10.2 Å². The molecular formula is C14H13BrFN3. The van der Waals surface area contributed by atoms with E-state index in [-0.39, 0.29) is 5.82 Å². The highest BCUT2D eigenvalue weighted by Crippen LogP contribution is 2.44. The third-order valence-electron chi connectivity index (χ3n) is 3.18. The molecule has 0 unspecified atom stereocenters. The Morgan fingerprint density at radius 3 is 2.47 bits per heavy atom. The summed E-state index contributed by atoms with van der Waals surface area (Å²) in [6.45, 7) is 0. The SMILES string of the molecule is CNc1nc(-c2ccc(F)cc2)nc(C2CC2)c1Br. The van der Waals surface area contributed by atoms with E-state index in [1.807, 2.05) is 7.05 Å². The van der Waals surface area contributed by atoms with Crippen molar-refractivity contribution in [1.82, 2.24) is 9.97 Å². The minimum atomic E-state index is -0.253. The van der Waals surface area contributed by atoms with Gasteiger partial charge in [0.25, 0.3) is 0 Å². The first-order valence-electron chi connectivity index (χ1n) is 6.20. The van der Waals surface area contributed by atoms with Crippen LogP contribution in [0.3, 0.4) is 0 Å². The Hall–Kier alpha value is -1.49. The summed E-state index contributed by atoms with van der Waals surface area (Å²) in [5.74, 6) is 1.67. The molecule has 1 aromatic carbocycles. The normalized spacial score (nSPS) is 14.5. The summed E-state index contributed by atoms with van der Waals surface area (Å²) in [4.78, 5) is 9.09. The molecule has 1 aliphatic rings. The van der Waals surface area contributed by atoms with Gasteiger partial charge in [0.1, 0.15) is 11.6 Å². The fraction of sp³-hybridized carbons (Fsp3) is 0.286. The zero-order valence-corrected chi connectivity index (χ0v) is 12.0. The summed E-state index contributed by atoms with van der Waals surface area (Å²) in [6, 6.07) is 6.26. The molecule has 0 saturated heterocycles. The molecule has 1 N–H and O–H groups in total. The van der Waals surface area contributed by atoms with Gasteiger partial charge in [-0.2, -0.15) is 0 Å². The molecule has 0 atom stereocenters. The first-order valence-corrected chi connectivity index (χ1v) is 6.99. The Kier molecular flexibility index (Phi) is 3.22. The van der Waals surface area contributed by atoms with Crippen LogP contribution in [0.4, 0.5) is 10.2 Å². The number of halogens is 2. The maximum Gasteiger partial charge on any atom is 0.161 e. The fourth-order valence-electron chi connectivity index (χ4n) is 1.99. The standard InChI is InChI=1S/C14H13BrFN3/c1-17-14-11(15)12(8-2-3-8)18-13(19-14)9-4-6-10(16)7-5-9/h4-8H,2-3H2,1H3,(H,17,18,19). The second-order valence-corrected chi connectivity index (χ2v) is 5.42. The number of rotatable bonds is 3. The van der Waals surface area contributed by atoms with Crippen LogP contribution in [0, 0.1) is 5.82 Å². The summed E-state index contributed by atoms with van der Waals surface area (Å²) >= 11 is 3.55. The first-order chi connectivity index (χ1) is 9.19. The van der Waals surface area contributed by atoms with E-state index in [0.717, 1.165) is 21.5 Å². The lowest BCUT2D eigenvalue weighted by Gasteiger charge is -2.10. The molecule has 0 bridgehead atoms. The highest BCUT2D eigenvalue weighted by molar-refractivity contribution is 9.10. The molecule has 0 radical (unpaired) electrons. The maximum atomic E-state index is 13.0. The molecule has 3 rings (SSSR count). The summed E-state index contributed by atoms with van der Waals surface area (Å²) in [5, 5.41) is 3.07. The van der Waals surface area contributed by atoms with Crippen LogP contribution in [0.15, 0.2) is 28.7 Å². The zero-order valence-electron chi connectivity index (χ0n) is 10.5. The van der Waals surface area contributed by atoms with Gasteiger partial charge in [-0.25, -0.2) is 14.4 Å². The number of aromatic nitrogens is 2. The van der Waals surface area contributed by atoms with Crippen molar-refractivity contribution < 1.29 is 4.39 Å². The van der Waals surface area contributed by atoms with Crippen LogP contribution in [0.5, 0.6) is 0 Å². The van der Waals surface area contributed by atoms with E-state index in [4.69, 9.17) is 0 Å². The quantitative estimate of drug-likeness (QED) is 0.929. The van der Waals surface area contributed by atoms with Gasteiger partial charge in [0, 0.05) is 18.5 Å². The molecule has 0 spiro atoms. The molecule has 2 aromatic rings. The van der Waals surface area contributed by atoms with Crippen molar-refractivity contribution in [1.29, 1.82) is 0 Å². The number of nitrogens with one attached hydrogen (secondary N) is 1. The second-order valence-electron chi connectivity index (χ2n) is 4.63. The fourth-order valence-corrected chi connectivity index (χ4v) is 2.68. The Morgan fingerprint density at radius 1 is 1.21 bits per heavy atom. The average Bonchev–Trinajstić information content (AvgIpc) is 3.24. The molecule has 1 saturated carbocycles. The highest BCUT2D eigenvalue weighted by Gasteiger charge is 2.29. The molecule has 0 amide bonds. The van der Waals surface area contributed by atoms with Gasteiger partial charge < -0.3 is 5.32 Å². The maximum absolute atomic E-state index is 13.0. The Labute approximate surface area is 119 Å². The minimum absolute atomic E-state index is 0.253. The van der Waals surface area contributed by atoms with Crippen LogP contribution in [-0.2, 0) is 0 Å². The molecule has 1 heterocycles. The first kappa shape index (κ1) is 12.5. The number of hydrogen-bond acceptors (Lipinski definition) is 3. The van der Waals surface area contributed by atoms with Crippen molar-refractivity contribution in [2.45, 2.75) is 18.8 Å². The summed E-state index contributed by atoms with van der Waals surface area (Å²) in [7, 11) is 1.83. The zero-order chi connectivity index (χ0) is 13.4. The predicted molar refractivity (Wildman–Crippen MR) is 76.6 cm³/mol. The van der Waals surface area contributed by atoms with Crippen LogP contribution >= 0.6 is 15.9 Å². The molecule has 0 aliphatic heterocycles. The van der Waals surface area contributed by atoms with Gasteiger partial charge in [-0.05, 0) is 53.0 Å². The summed E-state index contributed by atoms with van der Waals surface area (Å²) < 4.78 is 13.9. The van der Waals surface area contributed by atoms with Crippen molar-refractivity contribution in [2.24, 2.45) is 0 Å². The van der Waals surface area contributed by atoms with Gasteiger partial charge in [-0.15, -0.1) is 0 Å². The van der Waals surface area contributed by atoms with Crippen molar-refractivity contribution in [3.63, 3.8) is 0 Å². The largest absolute Gasteiger partial charge is 0.372 e. The average molecular weight is 322 g/mol. The molecule has 1 fully saturated rings. The van der Waals surface area contributed by atoms with E-state index in [1.54, 1.807) is 12.1 Å². The monoisotopic (exact) mass is 321 g/mol. The molecule has 1 aliphatic carbocycles. The lowest BCUT2D eigenvalue weighted by atomic mass is 10.2. The van der Waals surface area contributed by atoms with Crippen LogP contribution in [0.2, 0.25) is 0 Å². The van der Waals surface area contributed by atoms with E-state index in [1.165, 1.54) is 25.0 Å². The topological polar surface area (TPSA) is 37.8 Å². The lowest BCUT2D eigenvalue weighted by Crippen LogP contribution is -2.02. The molecule has 19 heavy (non-hydrogen) atoms. The van der Waals surface area contributed by atoms with Gasteiger partial charge in [-0.1, -0.05) is 0 Å². The molecular weight excluding hydrogens is 309 g/mol. The van der Waals surface area contributed by atoms with Gasteiger partial charge in [-0.3, -0.25) is 0 Å². The number of nitrogens with zero attached hydrogens (tertiary/aromatic N) is 2. The minimum Gasteiger partial charge on any atom is -0.372 e. The van der Waals surface area contributed by atoms with Crippen LogP contribution in [-0.4, -0.2) is 17.0 Å². The van der Waals surface area contributed by atoms with Gasteiger partial charge in [0.2, 0.25) is 0 Å². The Morgan fingerprint density at radius 2 is 1.89 bits per heavy atom. The van der Waals surface area contributed by atoms with Crippen molar-refractivity contribution >= 4 is 21.7 Å².